The first-order valence-corrected chi connectivity index (χ1v) is 13.7. The maximum absolute atomic E-state index is 13.7. The first-order valence-electron chi connectivity index (χ1n) is 13.7. The van der Waals surface area contributed by atoms with Gasteiger partial charge in [0.1, 0.15) is 6.07 Å². The highest BCUT2D eigenvalue weighted by atomic mass is 16.3. The first-order chi connectivity index (χ1) is 16.2. The third-order valence-corrected chi connectivity index (χ3v) is 11.4. The molecule has 1 aromatic rings. The minimum Gasteiger partial charge on any atom is -0.390 e. The summed E-state index contributed by atoms with van der Waals surface area (Å²) in [7, 11) is 0. The van der Waals surface area contributed by atoms with Gasteiger partial charge in [-0.2, -0.15) is 5.26 Å². The van der Waals surface area contributed by atoms with Crippen LogP contribution in [0.2, 0.25) is 0 Å². The number of benzene rings is 1. The predicted octanol–water partition coefficient (Wildman–Crippen LogP) is 5.66. The van der Waals surface area contributed by atoms with Crippen LogP contribution in [0.5, 0.6) is 0 Å². The fourth-order valence-electron chi connectivity index (χ4n) is 10.1. The third-order valence-electron chi connectivity index (χ3n) is 11.4. The van der Waals surface area contributed by atoms with Crippen LogP contribution in [-0.2, 0) is 4.79 Å². The maximum atomic E-state index is 13.7. The van der Waals surface area contributed by atoms with Crippen molar-refractivity contribution in [3.63, 3.8) is 0 Å². The number of fused-ring (bicyclic) bond motifs is 7. The quantitative estimate of drug-likeness (QED) is 0.608. The number of hydrogen-bond donors (Lipinski definition) is 2. The van der Waals surface area contributed by atoms with Crippen molar-refractivity contribution in [1.29, 1.82) is 5.26 Å². The summed E-state index contributed by atoms with van der Waals surface area (Å²) >= 11 is 0. The maximum Gasteiger partial charge on any atom is 0.155 e. The fraction of sp³-hybridized carbons (Fsp3) is 0.733. The van der Waals surface area contributed by atoms with Crippen molar-refractivity contribution in [1.82, 2.24) is 0 Å². The van der Waals surface area contributed by atoms with Crippen molar-refractivity contribution in [2.45, 2.75) is 71.3 Å². The number of rotatable bonds is 4. The van der Waals surface area contributed by atoms with E-state index in [0.29, 0.717) is 41.6 Å². The Kier molecular flexibility index (Phi) is 5.20. The topological polar surface area (TPSA) is 73.1 Å². The molecular formula is C30H40N2O2. The number of nitriles is 1. The van der Waals surface area contributed by atoms with Crippen LogP contribution >= 0.6 is 0 Å². The van der Waals surface area contributed by atoms with E-state index in [0.717, 1.165) is 42.2 Å². The Morgan fingerprint density at radius 1 is 1.09 bits per heavy atom. The molecule has 0 radical (unpaired) electrons. The van der Waals surface area contributed by atoms with E-state index in [-0.39, 0.29) is 11.3 Å². The lowest BCUT2D eigenvalue weighted by atomic mass is 9.47. The molecule has 2 N–H and O–H groups in total. The summed E-state index contributed by atoms with van der Waals surface area (Å²) in [5.74, 6) is 6.21. The number of para-hydroxylation sites is 1. The molecular weight excluding hydrogens is 420 g/mol. The van der Waals surface area contributed by atoms with Gasteiger partial charge >= 0.3 is 0 Å². The Balaban J connectivity index is 1.21. The van der Waals surface area contributed by atoms with E-state index in [9.17, 15) is 15.2 Å². The molecule has 4 heteroatoms. The molecule has 182 valence electrons. The number of hydrogen-bond acceptors (Lipinski definition) is 4. The van der Waals surface area contributed by atoms with Crippen LogP contribution < -0.4 is 5.32 Å². The Hall–Kier alpha value is -1.86. The third kappa shape index (κ3) is 3.29. The molecule has 0 bridgehead atoms. The lowest BCUT2D eigenvalue weighted by Gasteiger charge is -2.58. The van der Waals surface area contributed by atoms with Crippen molar-refractivity contribution >= 4 is 11.5 Å². The minimum atomic E-state index is -0.463. The van der Waals surface area contributed by atoms with Gasteiger partial charge in [0.25, 0.3) is 0 Å². The van der Waals surface area contributed by atoms with Gasteiger partial charge in [0.15, 0.2) is 5.78 Å². The van der Waals surface area contributed by atoms with Crippen LogP contribution in [0.3, 0.4) is 0 Å². The van der Waals surface area contributed by atoms with Gasteiger partial charge in [-0.15, -0.1) is 0 Å². The van der Waals surface area contributed by atoms with Gasteiger partial charge in [-0.1, -0.05) is 26.0 Å². The zero-order valence-electron chi connectivity index (χ0n) is 21.0. The molecule has 1 aromatic carbocycles. The molecule has 6 rings (SSSR count). The van der Waals surface area contributed by atoms with Crippen molar-refractivity contribution < 1.29 is 9.90 Å². The number of carbonyl (C=O) groups excluding carboxylic acids is 1. The highest BCUT2D eigenvalue weighted by Crippen LogP contribution is 2.76. The number of anilines is 1. The standard InChI is InChI=1S/C30H40N2O2/c1-17-25-26(17)28(24(33)16-32-23-7-5-4-6-19(23)15-31)30(3)13-11-21-20-10-12-29(2,34)14-18(20)8-9-22(21)27(25)30/h4-7,17-18,20-22,25-28,32,34H,8-14,16H2,1-3H3/t17-,18+,20-,21+,22+,25+,26-,27+,28-,29+,30-/m0/s1. The molecule has 4 nitrogen and oxygen atoms in total. The number of carbonyl (C=O) groups is 1. The molecule has 0 aromatic heterocycles. The lowest BCUT2D eigenvalue weighted by Crippen LogP contribution is -2.53. The summed E-state index contributed by atoms with van der Waals surface area (Å²) in [5.41, 5.74) is 1.04. The number of ketones is 1. The number of Topliss-reactive ketones (excluding diaryl/α,β-unsaturated/α-hetero) is 1. The normalized spacial score (nSPS) is 48.5. The van der Waals surface area contributed by atoms with Gasteiger partial charge in [-0.05, 0) is 117 Å². The molecule has 5 aliphatic carbocycles. The van der Waals surface area contributed by atoms with Crippen LogP contribution in [0.4, 0.5) is 5.69 Å². The first kappa shape index (κ1) is 22.6. The van der Waals surface area contributed by atoms with Crippen LogP contribution in [0.25, 0.3) is 0 Å². The van der Waals surface area contributed by atoms with E-state index in [4.69, 9.17) is 0 Å². The van der Waals surface area contributed by atoms with Crippen molar-refractivity contribution in [3.8, 4) is 6.07 Å². The molecule has 11 atom stereocenters. The number of aliphatic hydroxyl groups is 1. The summed E-state index contributed by atoms with van der Waals surface area (Å²) in [6, 6.07) is 9.73. The van der Waals surface area contributed by atoms with Gasteiger partial charge in [0.2, 0.25) is 0 Å². The van der Waals surface area contributed by atoms with Crippen LogP contribution in [0.15, 0.2) is 24.3 Å². The predicted molar refractivity (Wildman–Crippen MR) is 133 cm³/mol. The Morgan fingerprint density at radius 3 is 2.65 bits per heavy atom. The van der Waals surface area contributed by atoms with E-state index in [1.165, 1.54) is 32.1 Å². The molecule has 34 heavy (non-hydrogen) atoms. The highest BCUT2D eigenvalue weighted by Gasteiger charge is 2.73. The smallest absolute Gasteiger partial charge is 0.155 e. The van der Waals surface area contributed by atoms with E-state index in [1.54, 1.807) is 6.07 Å². The second-order valence-electron chi connectivity index (χ2n) is 13.1. The molecule has 5 fully saturated rings. The summed E-state index contributed by atoms with van der Waals surface area (Å²) in [6.45, 7) is 7.21. The molecule has 0 aliphatic heterocycles. The zero-order valence-corrected chi connectivity index (χ0v) is 21.0. The zero-order chi connectivity index (χ0) is 23.8. The highest BCUT2D eigenvalue weighted by molar-refractivity contribution is 5.87. The Bertz CT molecular complexity index is 1030. The van der Waals surface area contributed by atoms with Gasteiger partial charge in [0.05, 0.1) is 23.4 Å². The van der Waals surface area contributed by atoms with E-state index >= 15 is 0 Å². The second-order valence-corrected chi connectivity index (χ2v) is 13.1. The molecule has 0 heterocycles. The van der Waals surface area contributed by atoms with Crippen LogP contribution in [-0.4, -0.2) is 23.0 Å². The summed E-state index contributed by atoms with van der Waals surface area (Å²) in [5, 5.41) is 23.4. The molecule has 0 unspecified atom stereocenters. The Morgan fingerprint density at radius 2 is 1.85 bits per heavy atom. The second kappa shape index (κ2) is 7.82. The van der Waals surface area contributed by atoms with E-state index in [1.807, 2.05) is 25.1 Å². The van der Waals surface area contributed by atoms with Gasteiger partial charge < -0.3 is 10.4 Å². The molecule has 5 aliphatic rings. The largest absolute Gasteiger partial charge is 0.390 e. The van der Waals surface area contributed by atoms with Gasteiger partial charge in [0, 0.05) is 5.92 Å². The average molecular weight is 461 g/mol. The van der Waals surface area contributed by atoms with Crippen LogP contribution in [0.1, 0.15) is 71.3 Å². The van der Waals surface area contributed by atoms with Gasteiger partial charge in [-0.3, -0.25) is 4.79 Å². The Labute approximate surface area is 204 Å². The molecule has 0 spiro atoms. The monoisotopic (exact) mass is 460 g/mol. The lowest BCUT2D eigenvalue weighted by molar-refractivity contribution is -0.135. The molecule has 0 saturated heterocycles. The van der Waals surface area contributed by atoms with Crippen molar-refractivity contribution in [2.75, 3.05) is 11.9 Å². The summed E-state index contributed by atoms with van der Waals surface area (Å²) in [6.07, 6.45) is 8.16. The number of nitrogens with one attached hydrogen (secondary N) is 1. The van der Waals surface area contributed by atoms with Crippen molar-refractivity contribution in [3.05, 3.63) is 29.8 Å². The molecule has 0 amide bonds. The fourth-order valence-corrected chi connectivity index (χ4v) is 10.1. The van der Waals surface area contributed by atoms with E-state index in [2.05, 4.69) is 25.2 Å². The molecule has 5 saturated carbocycles. The SMILES string of the molecule is C[C@H]1[C@@H]2[C@H]1[C@H](C(=O)CNc1ccccc1C#N)[C@@]1(C)CC[C@H]3[C@@H](CC[C@@H]4C[C@](C)(O)CC[C@@H]43)[C@H]21. The minimum absolute atomic E-state index is 0.128. The summed E-state index contributed by atoms with van der Waals surface area (Å²) < 4.78 is 0. The number of nitrogens with zero attached hydrogens (tertiary/aromatic N) is 1. The van der Waals surface area contributed by atoms with Crippen molar-refractivity contribution in [2.24, 2.45) is 58.7 Å². The summed E-state index contributed by atoms with van der Waals surface area (Å²) in [4.78, 5) is 13.7. The average Bonchev–Trinajstić information content (AvgIpc) is 3.33. The van der Waals surface area contributed by atoms with E-state index < -0.39 is 5.60 Å². The van der Waals surface area contributed by atoms with Gasteiger partial charge in [-0.25, -0.2) is 0 Å². The van der Waals surface area contributed by atoms with Crippen LogP contribution in [0, 0.1) is 70.0 Å².